The van der Waals surface area contributed by atoms with Crippen molar-refractivity contribution in [3.63, 3.8) is 0 Å². The number of ether oxygens (including phenoxy) is 1. The first kappa shape index (κ1) is 14.6. The predicted molar refractivity (Wildman–Crippen MR) is 74.2 cm³/mol. The van der Waals surface area contributed by atoms with Gasteiger partial charge in [-0.1, -0.05) is 36.4 Å². The van der Waals surface area contributed by atoms with Crippen molar-refractivity contribution in [1.29, 1.82) is 0 Å². The Hall–Kier alpha value is -1.78. The van der Waals surface area contributed by atoms with Crippen LogP contribution in [0.15, 0.2) is 48.5 Å². The quantitative estimate of drug-likeness (QED) is 0.910. The van der Waals surface area contributed by atoms with Crippen molar-refractivity contribution in [2.24, 2.45) is 5.73 Å². The number of nitrogens with two attached hydrogens (primary N) is 1. The lowest BCUT2D eigenvalue weighted by Gasteiger charge is -2.23. The van der Waals surface area contributed by atoms with Gasteiger partial charge in [0.05, 0.1) is 6.10 Å². The topological polar surface area (TPSA) is 35.2 Å². The van der Waals surface area contributed by atoms with E-state index in [0.29, 0.717) is 5.56 Å². The van der Waals surface area contributed by atoms with E-state index in [-0.39, 0.29) is 12.5 Å². The Morgan fingerprint density at radius 2 is 1.80 bits per heavy atom. The molecule has 0 heterocycles. The Balaban J connectivity index is 2.15. The minimum absolute atomic E-state index is 0.277. The Bertz CT molecular complexity index is 560. The number of rotatable bonds is 5. The zero-order chi connectivity index (χ0) is 14.5. The van der Waals surface area contributed by atoms with Crippen molar-refractivity contribution in [1.82, 2.24) is 0 Å². The molecule has 0 saturated heterocycles. The lowest BCUT2D eigenvalue weighted by Crippen LogP contribution is -2.32. The molecule has 0 fully saturated rings. The highest BCUT2D eigenvalue weighted by atomic mass is 19.1. The van der Waals surface area contributed by atoms with Gasteiger partial charge in [-0.2, -0.15) is 0 Å². The van der Waals surface area contributed by atoms with Crippen molar-refractivity contribution < 1.29 is 13.5 Å². The largest absolute Gasteiger partial charge is 0.375 e. The molecule has 0 spiro atoms. The van der Waals surface area contributed by atoms with E-state index in [9.17, 15) is 8.78 Å². The van der Waals surface area contributed by atoms with Crippen LogP contribution < -0.4 is 5.73 Å². The molecule has 2 unspecified atom stereocenters. The number of benzene rings is 2. The van der Waals surface area contributed by atoms with E-state index >= 15 is 0 Å². The molecule has 2 N–H and O–H groups in total. The van der Waals surface area contributed by atoms with Gasteiger partial charge in [-0.3, -0.25) is 0 Å². The fourth-order valence-corrected chi connectivity index (χ4v) is 2.25. The second-order valence-electron chi connectivity index (χ2n) is 4.67. The minimum atomic E-state index is -0.592. The van der Waals surface area contributed by atoms with Crippen molar-refractivity contribution in [2.45, 2.75) is 18.6 Å². The van der Waals surface area contributed by atoms with Crippen LogP contribution in [-0.2, 0) is 11.2 Å². The lowest BCUT2D eigenvalue weighted by molar-refractivity contribution is 0.0800. The Kier molecular flexibility index (Phi) is 4.82. The van der Waals surface area contributed by atoms with Crippen LogP contribution in [0.5, 0.6) is 0 Å². The fourth-order valence-electron chi connectivity index (χ4n) is 2.25. The third kappa shape index (κ3) is 3.40. The molecule has 2 nitrogen and oxygen atoms in total. The van der Waals surface area contributed by atoms with Crippen molar-refractivity contribution >= 4 is 0 Å². The molecule has 0 aromatic heterocycles. The Morgan fingerprint density at radius 1 is 1.10 bits per heavy atom. The van der Waals surface area contributed by atoms with E-state index in [4.69, 9.17) is 10.5 Å². The van der Waals surface area contributed by atoms with Gasteiger partial charge in [0.15, 0.2) is 0 Å². The van der Waals surface area contributed by atoms with Crippen LogP contribution in [0.4, 0.5) is 8.78 Å². The summed E-state index contributed by atoms with van der Waals surface area (Å²) in [4.78, 5) is 0. The normalized spacial score (nSPS) is 14.0. The van der Waals surface area contributed by atoms with Crippen LogP contribution in [0, 0.1) is 11.6 Å². The smallest absolute Gasteiger partial charge is 0.129 e. The molecular formula is C16H17F2NO. The predicted octanol–water partition coefficient (Wildman–Crippen LogP) is 3.22. The molecule has 2 aromatic rings. The van der Waals surface area contributed by atoms with E-state index in [1.54, 1.807) is 7.11 Å². The molecule has 0 bridgehead atoms. The maximum absolute atomic E-state index is 13.6. The molecule has 2 atom stereocenters. The summed E-state index contributed by atoms with van der Waals surface area (Å²) in [6.45, 7) is 0. The third-order valence-electron chi connectivity index (χ3n) is 3.24. The summed E-state index contributed by atoms with van der Waals surface area (Å²) in [7, 11) is 1.57. The van der Waals surface area contributed by atoms with Crippen molar-refractivity contribution in [3.8, 4) is 0 Å². The van der Waals surface area contributed by atoms with Gasteiger partial charge in [-0.25, -0.2) is 8.78 Å². The van der Waals surface area contributed by atoms with Crippen LogP contribution in [-0.4, -0.2) is 13.2 Å². The Morgan fingerprint density at radius 3 is 2.40 bits per heavy atom. The van der Waals surface area contributed by atoms with Crippen molar-refractivity contribution in [3.05, 3.63) is 71.3 Å². The summed E-state index contributed by atoms with van der Waals surface area (Å²) in [5, 5.41) is 0. The number of methoxy groups -OCH3 is 1. The summed E-state index contributed by atoms with van der Waals surface area (Å²) in [6, 6.07) is 12.6. The molecule has 2 rings (SSSR count). The number of hydrogen-bond donors (Lipinski definition) is 1. The molecule has 0 amide bonds. The van der Waals surface area contributed by atoms with Gasteiger partial charge in [0.1, 0.15) is 11.6 Å². The van der Waals surface area contributed by atoms with Gasteiger partial charge in [-0.15, -0.1) is 0 Å². The van der Waals surface area contributed by atoms with Crippen LogP contribution in [0.25, 0.3) is 0 Å². The maximum atomic E-state index is 13.6. The first-order valence-corrected chi connectivity index (χ1v) is 6.39. The van der Waals surface area contributed by atoms with Crippen molar-refractivity contribution in [2.75, 3.05) is 7.11 Å². The fraction of sp³-hybridized carbons (Fsp3) is 0.250. The number of hydrogen-bond acceptors (Lipinski definition) is 2. The molecule has 4 heteroatoms. The third-order valence-corrected chi connectivity index (χ3v) is 3.24. The highest BCUT2D eigenvalue weighted by Crippen LogP contribution is 2.22. The van der Waals surface area contributed by atoms with Gasteiger partial charge in [0, 0.05) is 19.2 Å². The van der Waals surface area contributed by atoms with E-state index in [1.807, 2.05) is 30.3 Å². The molecule has 0 aliphatic carbocycles. The highest BCUT2D eigenvalue weighted by Gasteiger charge is 2.20. The van der Waals surface area contributed by atoms with Crippen LogP contribution >= 0.6 is 0 Å². The second kappa shape index (κ2) is 6.59. The van der Waals surface area contributed by atoms with E-state index in [2.05, 4.69) is 0 Å². The van der Waals surface area contributed by atoms with E-state index in [1.165, 1.54) is 12.1 Å². The van der Waals surface area contributed by atoms with Crippen LogP contribution in [0.1, 0.15) is 17.2 Å². The second-order valence-corrected chi connectivity index (χ2v) is 4.67. The Labute approximate surface area is 117 Å². The minimum Gasteiger partial charge on any atom is -0.375 e. The summed E-state index contributed by atoms with van der Waals surface area (Å²) < 4.78 is 31.9. The molecule has 0 saturated carbocycles. The van der Waals surface area contributed by atoms with E-state index in [0.717, 1.165) is 11.6 Å². The summed E-state index contributed by atoms with van der Waals surface area (Å²) >= 11 is 0. The van der Waals surface area contributed by atoms with Gasteiger partial charge < -0.3 is 10.5 Å². The molecule has 0 aliphatic heterocycles. The van der Waals surface area contributed by atoms with Gasteiger partial charge in [0.25, 0.3) is 0 Å². The summed E-state index contributed by atoms with van der Waals surface area (Å²) in [6.07, 6.45) is -0.0554. The summed E-state index contributed by atoms with van der Waals surface area (Å²) in [5.74, 6) is -1.17. The molecule has 0 radical (unpaired) electrons. The molecule has 106 valence electrons. The lowest BCUT2D eigenvalue weighted by atomic mass is 9.96. The summed E-state index contributed by atoms with van der Waals surface area (Å²) in [5.41, 5.74) is 7.44. The average molecular weight is 277 g/mol. The highest BCUT2D eigenvalue weighted by molar-refractivity contribution is 5.23. The molecule has 0 aliphatic rings. The molecule has 2 aromatic carbocycles. The zero-order valence-corrected chi connectivity index (χ0v) is 11.2. The standard InChI is InChI=1S/C16H17F2NO/c1-20-16(11-5-3-2-4-6-11)15(19)9-12-7-8-13(17)10-14(12)18/h2-8,10,15-16H,9,19H2,1H3. The van der Waals surface area contributed by atoms with Crippen LogP contribution in [0.2, 0.25) is 0 Å². The van der Waals surface area contributed by atoms with E-state index < -0.39 is 17.7 Å². The van der Waals surface area contributed by atoms with Gasteiger partial charge >= 0.3 is 0 Å². The first-order valence-electron chi connectivity index (χ1n) is 6.39. The molecular weight excluding hydrogens is 260 g/mol. The maximum Gasteiger partial charge on any atom is 0.129 e. The van der Waals surface area contributed by atoms with Gasteiger partial charge in [-0.05, 0) is 23.6 Å². The molecule has 20 heavy (non-hydrogen) atoms. The SMILES string of the molecule is COC(c1ccccc1)C(N)Cc1ccc(F)cc1F. The first-order chi connectivity index (χ1) is 9.61. The number of halogens is 2. The monoisotopic (exact) mass is 277 g/mol. The zero-order valence-electron chi connectivity index (χ0n) is 11.2. The van der Waals surface area contributed by atoms with Gasteiger partial charge in [0.2, 0.25) is 0 Å². The van der Waals surface area contributed by atoms with Crippen LogP contribution in [0.3, 0.4) is 0 Å². The average Bonchev–Trinajstić information content (AvgIpc) is 2.44.